The number of aliphatic hydroxyl groups excluding tert-OH is 3. The molecule has 0 aliphatic carbocycles. The highest BCUT2D eigenvalue weighted by Gasteiger charge is 2.47. The fourth-order valence-electron chi connectivity index (χ4n) is 2.44. The van der Waals surface area contributed by atoms with Crippen LogP contribution in [-0.2, 0) is 4.74 Å². The van der Waals surface area contributed by atoms with E-state index in [-0.39, 0.29) is 6.61 Å². The summed E-state index contributed by atoms with van der Waals surface area (Å²) in [6.45, 7) is -0.344. The molecule has 1 saturated heterocycles. The fraction of sp³-hybridized carbons (Fsp3) is 0.500. The van der Waals surface area contributed by atoms with E-state index in [0.29, 0.717) is 5.17 Å². The molecule has 120 valence electrons. The second-order valence-corrected chi connectivity index (χ2v) is 6.19. The summed E-state index contributed by atoms with van der Waals surface area (Å²) in [5.41, 5.74) is 0.413. The number of hydrogen-bond acceptors (Lipinski definition) is 8. The van der Waals surface area contributed by atoms with Gasteiger partial charge in [-0.05, 0) is 24.3 Å². The summed E-state index contributed by atoms with van der Waals surface area (Å²) in [6.07, 6.45) is -2.99. The van der Waals surface area contributed by atoms with Gasteiger partial charge in [0.1, 0.15) is 35.5 Å². The average Bonchev–Trinajstić information content (AvgIpc) is 2.94. The van der Waals surface area contributed by atoms with Crippen LogP contribution in [0.4, 0.5) is 5.69 Å². The van der Waals surface area contributed by atoms with Gasteiger partial charge in [-0.25, -0.2) is 0 Å². The predicted octanol–water partition coefficient (Wildman–Crippen LogP) is 0.0175. The number of fused-ring (bicyclic) bond motifs is 1. The summed E-state index contributed by atoms with van der Waals surface area (Å²) in [5.74, 6) is 0.757. The van der Waals surface area contributed by atoms with Gasteiger partial charge in [0.05, 0.1) is 13.7 Å². The number of aliphatic imine (C=N–C) groups is 1. The van der Waals surface area contributed by atoms with E-state index in [1.807, 2.05) is 24.3 Å². The maximum Gasteiger partial charge on any atom is 0.164 e. The predicted molar refractivity (Wildman–Crippen MR) is 83.2 cm³/mol. The molecule has 2 aliphatic rings. The van der Waals surface area contributed by atoms with Crippen LogP contribution in [0.3, 0.4) is 0 Å². The van der Waals surface area contributed by atoms with E-state index in [9.17, 15) is 15.3 Å². The lowest BCUT2D eigenvalue weighted by Crippen LogP contribution is -2.55. The third-order valence-corrected chi connectivity index (χ3v) is 4.74. The molecular formula is C14H18N2O5S. The van der Waals surface area contributed by atoms with Crippen LogP contribution in [0.2, 0.25) is 0 Å². The zero-order valence-electron chi connectivity index (χ0n) is 11.9. The summed E-state index contributed by atoms with van der Waals surface area (Å²) in [5, 5.41) is 32.9. The molecule has 0 saturated carbocycles. The highest BCUT2D eigenvalue weighted by molar-refractivity contribution is 8.14. The Kier molecular flexibility index (Phi) is 4.55. The Labute approximate surface area is 132 Å². The summed E-state index contributed by atoms with van der Waals surface area (Å²) < 4.78 is 10.7. The van der Waals surface area contributed by atoms with Crippen LogP contribution in [0.1, 0.15) is 0 Å². The Bertz CT molecular complexity index is 553. The van der Waals surface area contributed by atoms with Crippen LogP contribution < -0.4 is 10.1 Å². The number of rotatable bonds is 3. The molecule has 7 nitrogen and oxygen atoms in total. The largest absolute Gasteiger partial charge is 0.497 e. The first kappa shape index (κ1) is 15.6. The minimum atomic E-state index is -1.14. The maximum atomic E-state index is 10.1. The Balaban J connectivity index is 1.69. The van der Waals surface area contributed by atoms with Crippen molar-refractivity contribution in [2.24, 2.45) is 4.99 Å². The Morgan fingerprint density at radius 1 is 1.27 bits per heavy atom. The second-order valence-electron chi connectivity index (χ2n) is 5.10. The number of nitrogens with zero attached hydrogens (tertiary/aromatic N) is 1. The van der Waals surface area contributed by atoms with Gasteiger partial charge < -0.3 is 30.1 Å². The first-order valence-electron chi connectivity index (χ1n) is 6.90. The molecule has 0 aromatic heterocycles. The molecule has 0 bridgehead atoms. The van der Waals surface area contributed by atoms with Gasteiger partial charge in [0.15, 0.2) is 5.17 Å². The van der Waals surface area contributed by atoms with Crippen LogP contribution in [0.15, 0.2) is 29.3 Å². The van der Waals surface area contributed by atoms with E-state index in [2.05, 4.69) is 10.3 Å². The van der Waals surface area contributed by atoms with Crippen LogP contribution in [0.25, 0.3) is 0 Å². The van der Waals surface area contributed by atoms with E-state index >= 15 is 0 Å². The molecule has 1 aromatic carbocycles. The number of methoxy groups -OCH3 is 1. The zero-order valence-corrected chi connectivity index (χ0v) is 12.7. The monoisotopic (exact) mass is 326 g/mol. The molecule has 0 radical (unpaired) electrons. The van der Waals surface area contributed by atoms with Crippen molar-refractivity contribution in [2.45, 2.75) is 29.8 Å². The van der Waals surface area contributed by atoms with Crippen LogP contribution in [-0.4, -0.2) is 64.0 Å². The zero-order chi connectivity index (χ0) is 15.7. The lowest BCUT2D eigenvalue weighted by molar-refractivity contribution is -0.164. The SMILES string of the molecule is COc1ccc(NC2=N[C@@H]3[C@@H](O)[C@H](O)[C@@H](CO)O[C@@H]3S2)cc1. The van der Waals surface area contributed by atoms with Gasteiger partial charge in [0, 0.05) is 5.69 Å². The molecule has 1 aromatic rings. The van der Waals surface area contributed by atoms with Gasteiger partial charge in [-0.2, -0.15) is 0 Å². The normalized spacial score (nSPS) is 34.0. The van der Waals surface area contributed by atoms with Crippen molar-refractivity contribution >= 4 is 22.6 Å². The third kappa shape index (κ3) is 2.92. The molecule has 8 heteroatoms. The molecule has 22 heavy (non-hydrogen) atoms. The molecule has 1 fully saturated rings. The van der Waals surface area contributed by atoms with Crippen LogP contribution >= 0.6 is 11.8 Å². The number of hydrogen-bond donors (Lipinski definition) is 4. The van der Waals surface area contributed by atoms with Gasteiger partial charge in [-0.3, -0.25) is 4.99 Å². The smallest absolute Gasteiger partial charge is 0.164 e. The van der Waals surface area contributed by atoms with Crippen molar-refractivity contribution in [3.8, 4) is 5.75 Å². The minimum absolute atomic E-state index is 0.344. The Hall–Kier alpha value is -1.32. The number of nitrogens with one attached hydrogen (secondary N) is 1. The fourth-order valence-corrected chi connectivity index (χ4v) is 3.58. The van der Waals surface area contributed by atoms with Crippen molar-refractivity contribution in [3.63, 3.8) is 0 Å². The van der Waals surface area contributed by atoms with E-state index in [1.165, 1.54) is 11.8 Å². The maximum absolute atomic E-state index is 10.1. The van der Waals surface area contributed by atoms with Gasteiger partial charge in [0.25, 0.3) is 0 Å². The van der Waals surface area contributed by atoms with Crippen molar-refractivity contribution in [1.29, 1.82) is 0 Å². The van der Waals surface area contributed by atoms with E-state index in [0.717, 1.165) is 11.4 Å². The van der Waals surface area contributed by atoms with E-state index in [1.54, 1.807) is 7.11 Å². The highest BCUT2D eigenvalue weighted by atomic mass is 32.2. The highest BCUT2D eigenvalue weighted by Crippen LogP contribution is 2.36. The van der Waals surface area contributed by atoms with Crippen LogP contribution in [0.5, 0.6) is 5.75 Å². The number of ether oxygens (including phenoxy) is 2. The van der Waals surface area contributed by atoms with Crippen molar-refractivity contribution < 1.29 is 24.8 Å². The third-order valence-electron chi connectivity index (χ3n) is 3.68. The van der Waals surface area contributed by atoms with Gasteiger partial charge >= 0.3 is 0 Å². The minimum Gasteiger partial charge on any atom is -0.497 e. The summed E-state index contributed by atoms with van der Waals surface area (Å²) in [4.78, 5) is 4.37. The van der Waals surface area contributed by atoms with E-state index in [4.69, 9.17) is 9.47 Å². The Morgan fingerprint density at radius 2 is 2.00 bits per heavy atom. The van der Waals surface area contributed by atoms with Crippen molar-refractivity contribution in [2.75, 3.05) is 19.0 Å². The number of amidine groups is 1. The molecule has 0 amide bonds. The van der Waals surface area contributed by atoms with Crippen LogP contribution in [0, 0.1) is 0 Å². The summed E-state index contributed by atoms with van der Waals surface area (Å²) in [6, 6.07) is 6.81. The molecular weight excluding hydrogens is 308 g/mol. The number of benzene rings is 1. The number of aliphatic hydroxyl groups is 3. The quantitative estimate of drug-likeness (QED) is 0.621. The summed E-state index contributed by atoms with van der Waals surface area (Å²) in [7, 11) is 1.60. The molecule has 5 atom stereocenters. The lowest BCUT2D eigenvalue weighted by atomic mass is 9.99. The molecule has 3 rings (SSSR count). The molecule has 4 N–H and O–H groups in total. The van der Waals surface area contributed by atoms with Gasteiger partial charge in [0.2, 0.25) is 0 Å². The molecule has 2 heterocycles. The first-order chi connectivity index (χ1) is 10.6. The average molecular weight is 326 g/mol. The molecule has 2 aliphatic heterocycles. The number of thioether (sulfide) groups is 1. The first-order valence-corrected chi connectivity index (χ1v) is 7.78. The van der Waals surface area contributed by atoms with Crippen molar-refractivity contribution in [1.82, 2.24) is 0 Å². The molecule has 0 spiro atoms. The Morgan fingerprint density at radius 3 is 2.64 bits per heavy atom. The second kappa shape index (κ2) is 6.43. The van der Waals surface area contributed by atoms with Gasteiger partial charge in [-0.15, -0.1) is 0 Å². The number of anilines is 1. The van der Waals surface area contributed by atoms with Crippen molar-refractivity contribution in [3.05, 3.63) is 24.3 Å². The molecule has 0 unspecified atom stereocenters. The topological polar surface area (TPSA) is 104 Å². The standard InChI is InChI=1S/C14H18N2O5S/c1-20-8-4-2-7(3-5-8)15-14-16-10-12(19)11(18)9(6-17)21-13(10)22-14/h2-5,9-13,17-19H,6H2,1H3,(H,15,16)/t9-,10-,11-,12-,13-/m1/s1. The lowest BCUT2D eigenvalue weighted by Gasteiger charge is -2.37. The summed E-state index contributed by atoms with van der Waals surface area (Å²) >= 11 is 1.33. The van der Waals surface area contributed by atoms with Gasteiger partial charge in [-0.1, -0.05) is 11.8 Å². The van der Waals surface area contributed by atoms with E-state index < -0.39 is 29.8 Å².